The van der Waals surface area contributed by atoms with Crippen molar-refractivity contribution in [1.82, 2.24) is 24.1 Å². The van der Waals surface area contributed by atoms with Gasteiger partial charge in [0.05, 0.1) is 24.1 Å². The fraction of sp³-hybridized carbons (Fsp3) is 0.250. The number of ether oxygens (including phenoxy) is 1. The second kappa shape index (κ2) is 7.08. The maximum Gasteiger partial charge on any atom is 0.352 e. The lowest BCUT2D eigenvalue weighted by molar-refractivity contribution is -0.0379. The van der Waals surface area contributed by atoms with Crippen molar-refractivity contribution in [3.05, 3.63) is 81.3 Å². The molecule has 5 heterocycles. The van der Waals surface area contributed by atoms with E-state index in [2.05, 4.69) is 23.9 Å². The summed E-state index contributed by atoms with van der Waals surface area (Å²) in [5.41, 5.74) is 3.18. The van der Waals surface area contributed by atoms with Crippen LogP contribution in [-0.4, -0.2) is 29.8 Å². The molecule has 1 aliphatic rings. The number of thiophene rings is 1. The Morgan fingerprint density at radius 2 is 2.00 bits per heavy atom. The van der Waals surface area contributed by atoms with Crippen LogP contribution in [0.15, 0.2) is 59.7 Å². The molecule has 0 bridgehead atoms. The van der Waals surface area contributed by atoms with Crippen LogP contribution in [0.1, 0.15) is 29.9 Å². The molecule has 0 unspecified atom stereocenters. The molecule has 5 aromatic rings. The summed E-state index contributed by atoms with van der Waals surface area (Å²) in [6.07, 6.45) is 4.19. The number of benzene rings is 1. The van der Waals surface area contributed by atoms with Gasteiger partial charge in [-0.3, -0.25) is 9.55 Å². The summed E-state index contributed by atoms with van der Waals surface area (Å²) in [6.45, 7) is 5.21. The van der Waals surface area contributed by atoms with Gasteiger partial charge in [0, 0.05) is 29.3 Å². The molecular formula is C24H21N5O2S. The van der Waals surface area contributed by atoms with Gasteiger partial charge in [0.2, 0.25) is 0 Å². The second-order valence-electron chi connectivity index (χ2n) is 8.68. The Labute approximate surface area is 188 Å². The van der Waals surface area contributed by atoms with Crippen LogP contribution in [0.2, 0.25) is 0 Å². The molecule has 7 nitrogen and oxygen atoms in total. The van der Waals surface area contributed by atoms with Crippen LogP contribution in [0.3, 0.4) is 0 Å². The maximum atomic E-state index is 13.6. The molecule has 0 atom stereocenters. The summed E-state index contributed by atoms with van der Waals surface area (Å²) in [5, 5.41) is 5.60. The highest BCUT2D eigenvalue weighted by Crippen LogP contribution is 2.40. The number of hydrogen-bond acceptors (Lipinski definition) is 6. The van der Waals surface area contributed by atoms with Crippen LogP contribution in [0, 0.1) is 0 Å². The van der Waals surface area contributed by atoms with Crippen LogP contribution in [0.5, 0.6) is 0 Å². The van der Waals surface area contributed by atoms with Gasteiger partial charge < -0.3 is 4.74 Å². The van der Waals surface area contributed by atoms with E-state index in [1.807, 2.05) is 47.0 Å². The third kappa shape index (κ3) is 3.06. The van der Waals surface area contributed by atoms with Gasteiger partial charge in [-0.1, -0.05) is 30.3 Å². The van der Waals surface area contributed by atoms with Crippen molar-refractivity contribution in [1.29, 1.82) is 0 Å². The van der Waals surface area contributed by atoms with E-state index in [1.54, 1.807) is 23.7 Å². The highest BCUT2D eigenvalue weighted by atomic mass is 32.1. The molecular weight excluding hydrogens is 422 g/mol. The minimum atomic E-state index is -0.273. The second-order valence-corrected chi connectivity index (χ2v) is 9.76. The van der Waals surface area contributed by atoms with Crippen molar-refractivity contribution in [2.24, 2.45) is 0 Å². The Kier molecular flexibility index (Phi) is 4.28. The van der Waals surface area contributed by atoms with E-state index in [1.165, 1.54) is 10.1 Å². The topological polar surface area (TPSA) is 74.3 Å². The lowest BCUT2D eigenvalue weighted by Crippen LogP contribution is -2.31. The molecule has 4 aromatic heterocycles. The van der Waals surface area contributed by atoms with Gasteiger partial charge in [-0.2, -0.15) is 4.52 Å². The Balaban J connectivity index is 1.67. The van der Waals surface area contributed by atoms with Crippen molar-refractivity contribution in [2.75, 3.05) is 0 Å². The fourth-order valence-corrected chi connectivity index (χ4v) is 5.51. The Bertz CT molecular complexity index is 1520. The lowest BCUT2D eigenvalue weighted by atomic mass is 9.94. The first-order valence-electron chi connectivity index (χ1n) is 10.5. The average molecular weight is 444 g/mol. The van der Waals surface area contributed by atoms with Gasteiger partial charge in [-0.05, 0) is 37.1 Å². The zero-order valence-corrected chi connectivity index (χ0v) is 18.6. The van der Waals surface area contributed by atoms with E-state index in [0.717, 1.165) is 32.6 Å². The third-order valence-corrected chi connectivity index (χ3v) is 7.09. The minimum Gasteiger partial charge on any atom is -0.370 e. The van der Waals surface area contributed by atoms with Crippen LogP contribution >= 0.6 is 11.3 Å². The van der Waals surface area contributed by atoms with Gasteiger partial charge >= 0.3 is 5.69 Å². The molecule has 0 radical (unpaired) electrons. The molecule has 8 heteroatoms. The number of fused-ring (bicyclic) bond motifs is 5. The molecule has 160 valence electrons. The normalized spacial score (nSPS) is 15.3. The summed E-state index contributed by atoms with van der Waals surface area (Å²) in [6, 6.07) is 13.8. The van der Waals surface area contributed by atoms with Crippen molar-refractivity contribution in [3.63, 3.8) is 0 Å². The number of aromatic nitrogens is 5. The van der Waals surface area contributed by atoms with Crippen molar-refractivity contribution in [3.8, 4) is 11.4 Å². The van der Waals surface area contributed by atoms with Crippen LogP contribution < -0.4 is 5.69 Å². The predicted molar refractivity (Wildman–Crippen MR) is 124 cm³/mol. The van der Waals surface area contributed by atoms with Gasteiger partial charge in [-0.25, -0.2) is 9.78 Å². The summed E-state index contributed by atoms with van der Waals surface area (Å²) < 4.78 is 9.33. The van der Waals surface area contributed by atoms with Gasteiger partial charge in [0.25, 0.3) is 0 Å². The Morgan fingerprint density at radius 1 is 1.16 bits per heavy atom. The van der Waals surface area contributed by atoms with E-state index >= 15 is 0 Å². The SMILES string of the molecule is CC1(C)Cc2c(sc3c2c2nc(-c4cccnc4)nn2c(=O)n3Cc2ccccc2)CO1. The van der Waals surface area contributed by atoms with Crippen LogP contribution in [0.4, 0.5) is 0 Å². The molecule has 32 heavy (non-hydrogen) atoms. The van der Waals surface area contributed by atoms with Crippen molar-refractivity contribution >= 4 is 27.2 Å². The van der Waals surface area contributed by atoms with Crippen molar-refractivity contribution in [2.45, 2.75) is 39.0 Å². The zero-order valence-electron chi connectivity index (χ0n) is 17.8. The molecule has 0 saturated carbocycles. The van der Waals surface area contributed by atoms with Gasteiger partial charge in [0.15, 0.2) is 11.5 Å². The van der Waals surface area contributed by atoms with Gasteiger partial charge in [0.1, 0.15) is 4.83 Å². The van der Waals surface area contributed by atoms with E-state index in [0.29, 0.717) is 24.6 Å². The highest BCUT2D eigenvalue weighted by Gasteiger charge is 2.32. The molecule has 0 saturated heterocycles. The average Bonchev–Trinajstić information content (AvgIpc) is 3.39. The fourth-order valence-electron chi connectivity index (χ4n) is 4.29. The Morgan fingerprint density at radius 3 is 2.78 bits per heavy atom. The van der Waals surface area contributed by atoms with E-state index < -0.39 is 0 Å². The predicted octanol–water partition coefficient (Wildman–Crippen LogP) is 4.07. The van der Waals surface area contributed by atoms with E-state index in [9.17, 15) is 4.79 Å². The summed E-state index contributed by atoms with van der Waals surface area (Å²) in [7, 11) is 0. The molecule has 0 amide bonds. The summed E-state index contributed by atoms with van der Waals surface area (Å²) in [5.74, 6) is 0.500. The number of hydrogen-bond donors (Lipinski definition) is 0. The lowest BCUT2D eigenvalue weighted by Gasteiger charge is -2.30. The third-order valence-electron chi connectivity index (χ3n) is 5.86. The van der Waals surface area contributed by atoms with E-state index in [4.69, 9.17) is 9.72 Å². The number of pyridine rings is 1. The smallest absolute Gasteiger partial charge is 0.352 e. The number of nitrogens with zero attached hydrogens (tertiary/aromatic N) is 5. The monoisotopic (exact) mass is 443 g/mol. The zero-order chi connectivity index (χ0) is 21.9. The molecule has 0 fully saturated rings. The van der Waals surface area contributed by atoms with Crippen molar-refractivity contribution < 1.29 is 4.74 Å². The summed E-state index contributed by atoms with van der Waals surface area (Å²) >= 11 is 1.62. The molecule has 0 spiro atoms. The van der Waals surface area contributed by atoms with Crippen LogP contribution in [0.25, 0.3) is 27.3 Å². The Hall–Kier alpha value is -3.36. The highest BCUT2D eigenvalue weighted by molar-refractivity contribution is 7.19. The molecule has 1 aromatic carbocycles. The van der Waals surface area contributed by atoms with Crippen LogP contribution in [-0.2, 0) is 24.3 Å². The van der Waals surface area contributed by atoms with E-state index in [-0.39, 0.29) is 11.3 Å². The first kappa shape index (κ1) is 19.3. The molecule has 1 aliphatic heterocycles. The standard InChI is InChI=1S/C24H21N5O2S/c1-24(2)11-17-18(14-31-24)32-22-19(17)21-26-20(16-9-6-10-25-12-16)27-29(21)23(30)28(22)13-15-7-4-3-5-8-15/h3-10,12H,11,13-14H2,1-2H3. The quantitative estimate of drug-likeness (QED) is 0.420. The minimum absolute atomic E-state index is 0.197. The largest absolute Gasteiger partial charge is 0.370 e. The maximum absolute atomic E-state index is 13.6. The molecule has 6 rings (SSSR count). The van der Waals surface area contributed by atoms with Gasteiger partial charge in [-0.15, -0.1) is 16.4 Å². The summed E-state index contributed by atoms with van der Waals surface area (Å²) in [4.78, 5) is 24.7. The molecule has 0 N–H and O–H groups in total. The first-order chi connectivity index (χ1) is 15.5. The number of rotatable bonds is 3. The first-order valence-corrected chi connectivity index (χ1v) is 11.3. The molecule has 0 aliphatic carbocycles.